The third-order valence-electron chi connectivity index (χ3n) is 2.87. The van der Waals surface area contributed by atoms with Crippen molar-refractivity contribution < 1.29 is 4.79 Å². The number of rotatable bonds is 5. The number of hydrogen-bond acceptors (Lipinski definition) is 2. The molecule has 1 atom stereocenters. The molecule has 1 unspecified atom stereocenters. The molecule has 1 heterocycles. The number of nitrogens with one attached hydrogen (secondary N) is 1. The fourth-order valence-corrected chi connectivity index (χ4v) is 1.92. The number of carbonyl (C=O) groups excluding carboxylic acids is 1. The second-order valence-electron chi connectivity index (χ2n) is 4.36. The number of benzene rings is 1. The minimum absolute atomic E-state index is 0.0120. The average molecular weight is 278 g/mol. The Morgan fingerprint density at radius 2 is 2.16 bits per heavy atom. The van der Waals surface area contributed by atoms with Crippen molar-refractivity contribution in [3.05, 3.63) is 53.3 Å². The summed E-state index contributed by atoms with van der Waals surface area (Å²) in [5, 5.41) is 7.71. The van der Waals surface area contributed by atoms with Gasteiger partial charge in [-0.2, -0.15) is 5.10 Å². The zero-order valence-electron chi connectivity index (χ0n) is 10.7. The molecule has 4 nitrogen and oxygen atoms in total. The molecular weight excluding hydrogens is 262 g/mol. The molecule has 0 bridgehead atoms. The van der Waals surface area contributed by atoms with Crippen LogP contribution in [0.5, 0.6) is 0 Å². The summed E-state index contributed by atoms with van der Waals surface area (Å²) < 4.78 is 1.74. The van der Waals surface area contributed by atoms with Crippen molar-refractivity contribution in [3.63, 3.8) is 0 Å². The van der Waals surface area contributed by atoms with Gasteiger partial charge in [-0.1, -0.05) is 23.7 Å². The summed E-state index contributed by atoms with van der Waals surface area (Å²) in [6.07, 6.45) is 3.96. The summed E-state index contributed by atoms with van der Waals surface area (Å²) >= 11 is 5.83. The van der Waals surface area contributed by atoms with Gasteiger partial charge in [-0.25, -0.2) is 0 Å². The van der Waals surface area contributed by atoms with E-state index in [1.165, 1.54) is 0 Å². The average Bonchev–Trinajstić information content (AvgIpc) is 2.90. The zero-order chi connectivity index (χ0) is 13.7. The first-order valence-corrected chi connectivity index (χ1v) is 6.55. The fraction of sp³-hybridized carbons (Fsp3) is 0.286. The first-order valence-electron chi connectivity index (χ1n) is 6.17. The quantitative estimate of drug-likeness (QED) is 0.913. The van der Waals surface area contributed by atoms with E-state index in [1.807, 2.05) is 43.5 Å². The van der Waals surface area contributed by atoms with Crippen LogP contribution in [0.15, 0.2) is 42.7 Å². The number of hydrogen-bond donors (Lipinski definition) is 1. The van der Waals surface area contributed by atoms with Crippen LogP contribution >= 0.6 is 11.6 Å². The van der Waals surface area contributed by atoms with Gasteiger partial charge in [-0.05, 0) is 30.7 Å². The van der Waals surface area contributed by atoms with Gasteiger partial charge >= 0.3 is 0 Å². The van der Waals surface area contributed by atoms with E-state index >= 15 is 0 Å². The van der Waals surface area contributed by atoms with Gasteiger partial charge in [0.05, 0.1) is 6.04 Å². The zero-order valence-corrected chi connectivity index (χ0v) is 11.5. The van der Waals surface area contributed by atoms with E-state index in [4.69, 9.17) is 11.6 Å². The Morgan fingerprint density at radius 3 is 2.79 bits per heavy atom. The maximum absolute atomic E-state index is 11.8. The monoisotopic (exact) mass is 277 g/mol. The van der Waals surface area contributed by atoms with Gasteiger partial charge in [0.15, 0.2) is 0 Å². The SMILES string of the molecule is CC(NC(=O)CCn1cccn1)c1ccc(Cl)cc1. The summed E-state index contributed by atoms with van der Waals surface area (Å²) in [6, 6.07) is 9.30. The highest BCUT2D eigenvalue weighted by Gasteiger charge is 2.09. The number of carbonyl (C=O) groups is 1. The van der Waals surface area contributed by atoms with Gasteiger partial charge in [0.25, 0.3) is 0 Å². The second kappa shape index (κ2) is 6.38. The van der Waals surface area contributed by atoms with E-state index in [1.54, 1.807) is 10.9 Å². The lowest BCUT2D eigenvalue weighted by Crippen LogP contribution is -2.27. The normalized spacial score (nSPS) is 12.1. The lowest BCUT2D eigenvalue weighted by molar-refractivity contribution is -0.122. The summed E-state index contributed by atoms with van der Waals surface area (Å²) in [7, 11) is 0. The topological polar surface area (TPSA) is 46.9 Å². The van der Waals surface area contributed by atoms with Crippen molar-refractivity contribution in [2.24, 2.45) is 0 Å². The molecule has 0 aliphatic rings. The number of amides is 1. The van der Waals surface area contributed by atoms with Crippen LogP contribution in [0, 0.1) is 0 Å². The summed E-state index contributed by atoms with van der Waals surface area (Å²) in [4.78, 5) is 11.8. The Labute approximate surface area is 117 Å². The van der Waals surface area contributed by atoms with Crippen molar-refractivity contribution in [2.75, 3.05) is 0 Å². The Morgan fingerprint density at radius 1 is 1.42 bits per heavy atom. The lowest BCUT2D eigenvalue weighted by Gasteiger charge is -2.14. The molecule has 0 fully saturated rings. The van der Waals surface area contributed by atoms with Crippen LogP contribution in [0.2, 0.25) is 5.02 Å². The third kappa shape index (κ3) is 4.10. The molecule has 1 aromatic carbocycles. The second-order valence-corrected chi connectivity index (χ2v) is 4.80. The lowest BCUT2D eigenvalue weighted by atomic mass is 10.1. The molecule has 0 spiro atoms. The molecule has 100 valence electrons. The molecule has 1 N–H and O–H groups in total. The molecule has 2 aromatic rings. The standard InChI is InChI=1S/C14H16ClN3O/c1-11(12-3-5-13(15)6-4-12)17-14(19)7-10-18-9-2-8-16-18/h2-6,8-9,11H,7,10H2,1H3,(H,17,19). The molecule has 1 aromatic heterocycles. The van der Waals surface area contributed by atoms with Crippen molar-refractivity contribution >= 4 is 17.5 Å². The molecule has 0 aliphatic carbocycles. The first-order chi connectivity index (χ1) is 9.15. The molecule has 0 saturated carbocycles. The van der Waals surface area contributed by atoms with Crippen LogP contribution in [-0.2, 0) is 11.3 Å². The van der Waals surface area contributed by atoms with Gasteiger partial charge in [-0.15, -0.1) is 0 Å². The van der Waals surface area contributed by atoms with Crippen LogP contribution in [0.1, 0.15) is 24.9 Å². The van der Waals surface area contributed by atoms with Crippen molar-refractivity contribution in [1.82, 2.24) is 15.1 Å². The first kappa shape index (κ1) is 13.6. The van der Waals surface area contributed by atoms with Crippen LogP contribution in [-0.4, -0.2) is 15.7 Å². The summed E-state index contributed by atoms with van der Waals surface area (Å²) in [5.74, 6) is 0.0120. The van der Waals surface area contributed by atoms with Gasteiger partial charge in [0, 0.05) is 30.4 Å². The van der Waals surface area contributed by atoms with Crippen molar-refractivity contribution in [2.45, 2.75) is 25.9 Å². The van der Waals surface area contributed by atoms with Gasteiger partial charge < -0.3 is 5.32 Å². The molecule has 0 saturated heterocycles. The highest BCUT2D eigenvalue weighted by Crippen LogP contribution is 2.16. The highest BCUT2D eigenvalue weighted by atomic mass is 35.5. The molecule has 0 aliphatic heterocycles. The van der Waals surface area contributed by atoms with Crippen molar-refractivity contribution in [3.8, 4) is 0 Å². The summed E-state index contributed by atoms with van der Waals surface area (Å²) in [5.41, 5.74) is 1.04. The Kier molecular flexibility index (Phi) is 4.58. The van der Waals surface area contributed by atoms with Crippen molar-refractivity contribution in [1.29, 1.82) is 0 Å². The van der Waals surface area contributed by atoms with Gasteiger partial charge in [0.1, 0.15) is 0 Å². The van der Waals surface area contributed by atoms with E-state index in [0.717, 1.165) is 5.56 Å². The third-order valence-corrected chi connectivity index (χ3v) is 3.13. The predicted octanol–water partition coefficient (Wildman–Crippen LogP) is 2.80. The van der Waals surface area contributed by atoms with E-state index in [-0.39, 0.29) is 11.9 Å². The van der Waals surface area contributed by atoms with Crippen LogP contribution < -0.4 is 5.32 Å². The largest absolute Gasteiger partial charge is 0.350 e. The number of aryl methyl sites for hydroxylation is 1. The maximum atomic E-state index is 11.8. The van der Waals surface area contributed by atoms with Crippen LogP contribution in [0.4, 0.5) is 0 Å². The van der Waals surface area contributed by atoms with Crippen LogP contribution in [0.25, 0.3) is 0 Å². The molecular formula is C14H16ClN3O. The summed E-state index contributed by atoms with van der Waals surface area (Å²) in [6.45, 7) is 2.54. The molecule has 5 heteroatoms. The van der Waals surface area contributed by atoms with E-state index in [9.17, 15) is 4.79 Å². The van der Waals surface area contributed by atoms with E-state index in [2.05, 4.69) is 10.4 Å². The molecule has 2 rings (SSSR count). The number of nitrogens with zero attached hydrogens (tertiary/aromatic N) is 2. The highest BCUT2D eigenvalue weighted by molar-refractivity contribution is 6.30. The predicted molar refractivity (Wildman–Crippen MR) is 74.9 cm³/mol. The van der Waals surface area contributed by atoms with E-state index in [0.29, 0.717) is 18.0 Å². The molecule has 19 heavy (non-hydrogen) atoms. The Balaban J connectivity index is 1.83. The minimum Gasteiger partial charge on any atom is -0.350 e. The van der Waals surface area contributed by atoms with Gasteiger partial charge in [-0.3, -0.25) is 9.48 Å². The number of halogens is 1. The Bertz CT molecular complexity index is 522. The number of aromatic nitrogens is 2. The fourth-order valence-electron chi connectivity index (χ4n) is 1.80. The van der Waals surface area contributed by atoms with Gasteiger partial charge in [0.2, 0.25) is 5.91 Å². The maximum Gasteiger partial charge on any atom is 0.222 e. The smallest absolute Gasteiger partial charge is 0.222 e. The Hall–Kier alpha value is -1.81. The van der Waals surface area contributed by atoms with Crippen LogP contribution in [0.3, 0.4) is 0 Å². The minimum atomic E-state index is -0.0256. The molecule has 1 amide bonds. The van der Waals surface area contributed by atoms with E-state index < -0.39 is 0 Å². The molecule has 0 radical (unpaired) electrons.